The zero-order valence-corrected chi connectivity index (χ0v) is 11.8. The number of rotatable bonds is 4. The molecule has 18 heavy (non-hydrogen) atoms. The molecule has 0 radical (unpaired) electrons. The minimum Gasteiger partial charge on any atom is -0.481 e. The molecule has 0 aromatic heterocycles. The van der Waals surface area contributed by atoms with Gasteiger partial charge in [-0.1, -0.05) is 12.1 Å². The molecule has 0 aliphatic carbocycles. The number of carbonyl (C=O) groups is 1. The number of carboxylic acid groups (broad SMARTS) is 1. The predicted octanol–water partition coefficient (Wildman–Crippen LogP) is 2.19. The van der Waals surface area contributed by atoms with Gasteiger partial charge >= 0.3 is 5.97 Å². The Morgan fingerprint density at radius 2 is 1.83 bits per heavy atom. The number of benzene rings is 1. The normalized spacial score (nSPS) is 12.4. The molecular formula is C13H18O4S. The topological polar surface area (TPSA) is 71.4 Å². The summed E-state index contributed by atoms with van der Waals surface area (Å²) in [4.78, 5) is 11.2. The highest BCUT2D eigenvalue weighted by Crippen LogP contribution is 2.25. The van der Waals surface area contributed by atoms with Gasteiger partial charge in [0.1, 0.15) is 0 Å². The Morgan fingerprint density at radius 3 is 2.33 bits per heavy atom. The summed E-state index contributed by atoms with van der Waals surface area (Å²) in [5.74, 6) is -1.52. The maximum Gasteiger partial charge on any atom is 0.310 e. The molecular weight excluding hydrogens is 252 g/mol. The van der Waals surface area contributed by atoms with Gasteiger partial charge in [0.2, 0.25) is 0 Å². The summed E-state index contributed by atoms with van der Waals surface area (Å²) in [6.45, 7) is 6.34. The molecule has 4 nitrogen and oxygen atoms in total. The molecule has 0 heterocycles. The minimum absolute atomic E-state index is 0.219. The second-order valence-electron chi connectivity index (χ2n) is 5.22. The molecule has 0 saturated heterocycles. The van der Waals surface area contributed by atoms with Crippen LogP contribution in [0.25, 0.3) is 0 Å². The monoisotopic (exact) mass is 270 g/mol. The minimum atomic E-state index is -3.60. The largest absolute Gasteiger partial charge is 0.481 e. The predicted molar refractivity (Wildman–Crippen MR) is 69.4 cm³/mol. The lowest BCUT2D eigenvalue weighted by Gasteiger charge is -2.19. The van der Waals surface area contributed by atoms with Crippen LogP contribution >= 0.6 is 0 Å². The highest BCUT2D eigenvalue weighted by molar-refractivity contribution is 7.91. The fourth-order valence-corrected chi connectivity index (χ4v) is 3.81. The van der Waals surface area contributed by atoms with E-state index in [-0.39, 0.29) is 4.90 Å². The molecule has 0 amide bonds. The quantitative estimate of drug-likeness (QED) is 0.910. The van der Waals surface area contributed by atoms with Crippen LogP contribution in [0.5, 0.6) is 0 Å². The molecule has 1 rings (SSSR count). The Bertz CT molecular complexity index is 571. The van der Waals surface area contributed by atoms with E-state index in [9.17, 15) is 13.2 Å². The van der Waals surface area contributed by atoms with Gasteiger partial charge in [0, 0.05) is 0 Å². The molecule has 1 aromatic carbocycles. The number of aliphatic carboxylic acids is 1. The molecule has 0 atom stereocenters. The first-order chi connectivity index (χ1) is 8.06. The summed E-state index contributed by atoms with van der Waals surface area (Å²) < 4.78 is 24.5. The Hall–Kier alpha value is -1.36. The summed E-state index contributed by atoms with van der Waals surface area (Å²) in [6, 6.07) is 5.15. The Kier molecular flexibility index (Phi) is 3.86. The third-order valence-corrected chi connectivity index (χ3v) is 5.02. The van der Waals surface area contributed by atoms with Crippen LogP contribution in [-0.2, 0) is 14.6 Å². The average Bonchev–Trinajstić information content (AvgIpc) is 2.19. The fourth-order valence-electron chi connectivity index (χ4n) is 1.66. The zero-order chi connectivity index (χ0) is 14.1. The molecule has 1 aromatic rings. The molecule has 0 aliphatic rings. The SMILES string of the molecule is Cc1ccc(C)c(S(=O)(=O)CC(C)(C)C(=O)O)c1. The Balaban J connectivity index is 3.23. The highest BCUT2D eigenvalue weighted by Gasteiger charge is 2.34. The van der Waals surface area contributed by atoms with Crippen molar-refractivity contribution in [1.29, 1.82) is 0 Å². The average molecular weight is 270 g/mol. The van der Waals surface area contributed by atoms with E-state index < -0.39 is 27.0 Å². The van der Waals surface area contributed by atoms with Crippen molar-refractivity contribution in [3.05, 3.63) is 29.3 Å². The lowest BCUT2D eigenvalue weighted by Crippen LogP contribution is -2.32. The molecule has 0 saturated carbocycles. The van der Waals surface area contributed by atoms with E-state index in [1.54, 1.807) is 26.0 Å². The van der Waals surface area contributed by atoms with E-state index in [0.29, 0.717) is 5.56 Å². The summed E-state index contributed by atoms with van der Waals surface area (Å²) >= 11 is 0. The molecule has 1 N–H and O–H groups in total. The molecule has 5 heteroatoms. The van der Waals surface area contributed by atoms with Gasteiger partial charge in [-0.05, 0) is 44.9 Å². The van der Waals surface area contributed by atoms with E-state index in [1.165, 1.54) is 13.8 Å². The Labute approximate surface area is 108 Å². The smallest absolute Gasteiger partial charge is 0.310 e. The van der Waals surface area contributed by atoms with E-state index in [4.69, 9.17) is 5.11 Å². The van der Waals surface area contributed by atoms with Crippen molar-refractivity contribution >= 4 is 15.8 Å². The van der Waals surface area contributed by atoms with Crippen molar-refractivity contribution < 1.29 is 18.3 Å². The number of aryl methyl sites for hydroxylation is 2. The maximum atomic E-state index is 12.3. The van der Waals surface area contributed by atoms with E-state index in [0.717, 1.165) is 5.56 Å². The van der Waals surface area contributed by atoms with Crippen molar-refractivity contribution in [1.82, 2.24) is 0 Å². The standard InChI is InChI=1S/C13H18O4S/c1-9-5-6-10(2)11(7-9)18(16,17)8-13(3,4)12(14)15/h5-7H,8H2,1-4H3,(H,14,15). The van der Waals surface area contributed by atoms with Crippen molar-refractivity contribution in [2.75, 3.05) is 5.75 Å². The van der Waals surface area contributed by atoms with Gasteiger partial charge in [-0.15, -0.1) is 0 Å². The second kappa shape index (κ2) is 4.72. The van der Waals surface area contributed by atoms with E-state index >= 15 is 0 Å². The van der Waals surface area contributed by atoms with Crippen LogP contribution < -0.4 is 0 Å². The number of carboxylic acids is 1. The van der Waals surface area contributed by atoms with Crippen molar-refractivity contribution in [3.63, 3.8) is 0 Å². The van der Waals surface area contributed by atoms with E-state index in [1.807, 2.05) is 6.07 Å². The van der Waals surface area contributed by atoms with Gasteiger partial charge in [-0.25, -0.2) is 8.42 Å². The first-order valence-corrected chi connectivity index (χ1v) is 7.25. The third-order valence-electron chi connectivity index (χ3n) is 2.81. The lowest BCUT2D eigenvalue weighted by atomic mass is 9.97. The van der Waals surface area contributed by atoms with Gasteiger partial charge in [-0.2, -0.15) is 0 Å². The summed E-state index contributed by atoms with van der Waals surface area (Å²) in [5, 5.41) is 9.01. The summed E-state index contributed by atoms with van der Waals surface area (Å²) in [5.41, 5.74) is 0.184. The van der Waals surface area contributed by atoms with Crippen molar-refractivity contribution in [2.24, 2.45) is 5.41 Å². The van der Waals surface area contributed by atoms with E-state index in [2.05, 4.69) is 0 Å². The zero-order valence-electron chi connectivity index (χ0n) is 11.0. The molecule has 0 unspecified atom stereocenters. The number of hydrogen-bond acceptors (Lipinski definition) is 3. The van der Waals surface area contributed by atoms with Crippen molar-refractivity contribution in [2.45, 2.75) is 32.6 Å². The summed E-state index contributed by atoms with van der Waals surface area (Å²) in [6.07, 6.45) is 0. The van der Waals surface area contributed by atoms with Gasteiger partial charge < -0.3 is 5.11 Å². The number of sulfone groups is 1. The molecule has 100 valence electrons. The molecule has 0 fully saturated rings. The van der Waals surface area contributed by atoms with Crippen LogP contribution in [0.2, 0.25) is 0 Å². The van der Waals surface area contributed by atoms with Crippen LogP contribution in [0.15, 0.2) is 23.1 Å². The second-order valence-corrected chi connectivity index (χ2v) is 7.18. The van der Waals surface area contributed by atoms with Crippen LogP contribution in [0.1, 0.15) is 25.0 Å². The van der Waals surface area contributed by atoms with Crippen molar-refractivity contribution in [3.8, 4) is 0 Å². The van der Waals surface area contributed by atoms with Gasteiger partial charge in [-0.3, -0.25) is 4.79 Å². The van der Waals surface area contributed by atoms with Crippen LogP contribution in [0.4, 0.5) is 0 Å². The Morgan fingerprint density at radius 1 is 1.28 bits per heavy atom. The van der Waals surface area contributed by atoms with Crippen LogP contribution in [-0.4, -0.2) is 25.2 Å². The summed E-state index contributed by atoms with van der Waals surface area (Å²) in [7, 11) is -3.60. The first-order valence-electron chi connectivity index (χ1n) is 5.60. The molecule has 0 bridgehead atoms. The first kappa shape index (κ1) is 14.7. The third kappa shape index (κ3) is 3.10. The van der Waals surface area contributed by atoms with Gasteiger partial charge in [0.25, 0.3) is 0 Å². The fraction of sp³-hybridized carbons (Fsp3) is 0.462. The van der Waals surface area contributed by atoms with Crippen LogP contribution in [0.3, 0.4) is 0 Å². The van der Waals surface area contributed by atoms with Crippen LogP contribution in [0, 0.1) is 19.3 Å². The highest BCUT2D eigenvalue weighted by atomic mass is 32.2. The molecule has 0 spiro atoms. The molecule has 0 aliphatic heterocycles. The number of hydrogen-bond donors (Lipinski definition) is 1. The van der Waals surface area contributed by atoms with Gasteiger partial charge in [0.15, 0.2) is 9.84 Å². The lowest BCUT2D eigenvalue weighted by molar-refractivity contribution is -0.145. The maximum absolute atomic E-state index is 12.3. The van der Waals surface area contributed by atoms with Gasteiger partial charge in [0.05, 0.1) is 16.1 Å².